The van der Waals surface area contributed by atoms with Gasteiger partial charge in [-0.15, -0.1) is 0 Å². The van der Waals surface area contributed by atoms with Crippen molar-refractivity contribution in [1.82, 2.24) is 0 Å². The molecule has 0 unspecified atom stereocenters. The van der Waals surface area contributed by atoms with Crippen molar-refractivity contribution < 1.29 is 7.65 Å². The number of hydrogen-bond donors (Lipinski definition) is 0. The van der Waals surface area contributed by atoms with Crippen LogP contribution in [0, 0.1) is 0 Å². The maximum absolute atomic E-state index is 10.1. The van der Waals surface area contributed by atoms with Crippen LogP contribution >= 0.6 is 0 Å². The topological polar surface area (TPSA) is 17.1 Å². The summed E-state index contributed by atoms with van der Waals surface area (Å²) >= 11 is 0. The molecule has 1 nitrogen and oxygen atoms in total. The number of carbonyl (C=O) groups excluding carboxylic acids is 1. The summed E-state index contributed by atoms with van der Waals surface area (Å²) in [5.74, 6) is 0. The molecule has 20 heavy (non-hydrogen) atoms. The van der Waals surface area contributed by atoms with Gasteiger partial charge in [-0.3, -0.25) is 0 Å². The molecule has 0 spiro atoms. The van der Waals surface area contributed by atoms with Crippen LogP contribution in [-0.4, -0.2) is 29.3 Å². The van der Waals surface area contributed by atoms with Crippen LogP contribution in [-0.2, 0) is 4.79 Å². The van der Waals surface area contributed by atoms with Gasteiger partial charge in [-0.25, -0.2) is 0 Å². The molecule has 0 bridgehead atoms. The van der Waals surface area contributed by atoms with Crippen LogP contribution in [0.4, 0.5) is 0 Å². The van der Waals surface area contributed by atoms with Crippen molar-refractivity contribution in [3.05, 3.63) is 0 Å². The van der Waals surface area contributed by atoms with Gasteiger partial charge >= 0.3 is 23.1 Å². The molecule has 0 aliphatic rings. The molecule has 0 heterocycles. The predicted octanol–water partition coefficient (Wildman–Crippen LogP) is 6.29. The zero-order valence-electron chi connectivity index (χ0n) is 16.0. The van der Waals surface area contributed by atoms with Crippen LogP contribution in [0.15, 0.2) is 0 Å². The molecule has 118 valence electrons. The van der Waals surface area contributed by atoms with Crippen LogP contribution in [0.3, 0.4) is 0 Å². The van der Waals surface area contributed by atoms with E-state index in [1.807, 2.05) is 0 Å². The largest absolute Gasteiger partial charge is 2.00 e. The third-order valence-corrected chi connectivity index (χ3v) is 3.93. The number of rotatable bonds is 16. The molecule has 0 rings (SSSR count). The first-order valence-corrected chi connectivity index (χ1v) is 8.85. The molecule has 0 aliphatic heterocycles. The Balaban J connectivity index is -0.000000540. The van der Waals surface area contributed by atoms with Gasteiger partial charge in [0.1, 0.15) is 6.29 Å². The quantitative estimate of drug-likeness (QED) is 0.186. The summed E-state index contributed by atoms with van der Waals surface area (Å²) in [6.07, 6.45) is 22.6. The van der Waals surface area contributed by atoms with Gasteiger partial charge in [-0.1, -0.05) is 96.8 Å². The maximum atomic E-state index is 10.1. The first-order valence-electron chi connectivity index (χ1n) is 8.85. The number of carbonyl (C=O) groups is 1. The van der Waals surface area contributed by atoms with Crippen LogP contribution < -0.4 is 0 Å². The van der Waals surface area contributed by atoms with E-state index >= 15 is 0 Å². The van der Waals surface area contributed by atoms with Crippen LogP contribution in [0.2, 0.25) is 0 Å². The van der Waals surface area contributed by atoms with E-state index in [-0.39, 0.29) is 25.9 Å². The van der Waals surface area contributed by atoms with Crippen LogP contribution in [0.5, 0.6) is 0 Å². The molecule has 0 aromatic rings. The van der Waals surface area contributed by atoms with E-state index in [0.717, 1.165) is 19.1 Å². The minimum atomic E-state index is 0. The first-order chi connectivity index (χ1) is 9.41. The summed E-state index contributed by atoms with van der Waals surface area (Å²) in [6, 6.07) is 0. The van der Waals surface area contributed by atoms with Gasteiger partial charge in [0.25, 0.3) is 0 Å². The van der Waals surface area contributed by atoms with E-state index in [2.05, 4.69) is 6.92 Å². The average Bonchev–Trinajstić information content (AvgIpc) is 2.43. The van der Waals surface area contributed by atoms with Crippen molar-refractivity contribution in [3.8, 4) is 0 Å². The minimum Gasteiger partial charge on any atom is -1.00 e. The molecule has 2 heteroatoms. The second kappa shape index (κ2) is 21.7. The third kappa shape index (κ3) is 20.7. The molecule has 0 N–H and O–H groups in total. The normalized spacial score (nSPS) is 10.2. The summed E-state index contributed by atoms with van der Waals surface area (Å²) in [5.41, 5.74) is 0. The Hall–Kier alpha value is 0.436. The standard InChI is InChI=1S/C18H36O.Mg.2H/c1-2-3-4-5-6-7-8-9-10-11-12-13-14-15-16-17-18-19;;;/h18H,2-17H2,1H3;;;/q;+2;2*-1. The van der Waals surface area contributed by atoms with Gasteiger partial charge in [-0.2, -0.15) is 0 Å². The van der Waals surface area contributed by atoms with E-state index in [4.69, 9.17) is 0 Å². The molecular weight excluding hydrogens is 257 g/mol. The molecule has 0 fully saturated rings. The zero-order chi connectivity index (χ0) is 14.0. The van der Waals surface area contributed by atoms with E-state index in [1.165, 1.54) is 89.9 Å². The summed E-state index contributed by atoms with van der Waals surface area (Å²) in [4.78, 5) is 10.1. The van der Waals surface area contributed by atoms with E-state index in [1.54, 1.807) is 0 Å². The third-order valence-electron chi connectivity index (χ3n) is 3.93. The molecule has 0 aromatic carbocycles. The Morgan fingerprint density at radius 2 is 0.900 bits per heavy atom. The number of aldehydes is 1. The Morgan fingerprint density at radius 1 is 0.600 bits per heavy atom. The van der Waals surface area contributed by atoms with Gasteiger partial charge in [-0.05, 0) is 6.42 Å². The van der Waals surface area contributed by atoms with E-state index in [9.17, 15) is 4.79 Å². The molecule has 0 amide bonds. The Morgan fingerprint density at radius 3 is 1.20 bits per heavy atom. The van der Waals surface area contributed by atoms with Crippen molar-refractivity contribution in [1.29, 1.82) is 0 Å². The fourth-order valence-electron chi connectivity index (χ4n) is 2.60. The monoisotopic (exact) mass is 294 g/mol. The second-order valence-corrected chi connectivity index (χ2v) is 5.91. The second-order valence-electron chi connectivity index (χ2n) is 5.91. The van der Waals surface area contributed by atoms with Crippen molar-refractivity contribution in [2.24, 2.45) is 0 Å². The van der Waals surface area contributed by atoms with Gasteiger partial charge in [0.15, 0.2) is 0 Å². The Bertz CT molecular complexity index is 180. The van der Waals surface area contributed by atoms with Crippen molar-refractivity contribution >= 4 is 29.3 Å². The molecule has 0 atom stereocenters. The van der Waals surface area contributed by atoms with Gasteiger partial charge in [0, 0.05) is 6.42 Å². The Labute approximate surface area is 146 Å². The zero-order valence-corrected chi connectivity index (χ0v) is 15.4. The number of hydrogen-bond acceptors (Lipinski definition) is 1. The van der Waals surface area contributed by atoms with E-state index in [0.29, 0.717) is 0 Å². The molecule has 0 saturated carbocycles. The minimum absolute atomic E-state index is 0. The van der Waals surface area contributed by atoms with Crippen molar-refractivity contribution in [2.45, 2.75) is 110 Å². The summed E-state index contributed by atoms with van der Waals surface area (Å²) in [6.45, 7) is 2.28. The van der Waals surface area contributed by atoms with Gasteiger partial charge in [0.2, 0.25) is 0 Å². The summed E-state index contributed by atoms with van der Waals surface area (Å²) < 4.78 is 0. The smallest absolute Gasteiger partial charge is 1.00 e. The summed E-state index contributed by atoms with van der Waals surface area (Å²) in [5, 5.41) is 0. The fraction of sp³-hybridized carbons (Fsp3) is 0.944. The molecular formula is C18H38MgO. The van der Waals surface area contributed by atoms with Gasteiger partial charge < -0.3 is 7.65 Å². The van der Waals surface area contributed by atoms with Crippen molar-refractivity contribution in [2.75, 3.05) is 0 Å². The summed E-state index contributed by atoms with van der Waals surface area (Å²) in [7, 11) is 0. The molecule has 0 aromatic heterocycles. The molecule has 0 aliphatic carbocycles. The van der Waals surface area contributed by atoms with Gasteiger partial charge in [0.05, 0.1) is 0 Å². The predicted molar refractivity (Wildman–Crippen MR) is 93.6 cm³/mol. The van der Waals surface area contributed by atoms with Crippen molar-refractivity contribution in [3.63, 3.8) is 0 Å². The van der Waals surface area contributed by atoms with Crippen LogP contribution in [0.1, 0.15) is 113 Å². The number of unbranched alkanes of at least 4 members (excludes halogenated alkanes) is 15. The fourth-order valence-corrected chi connectivity index (χ4v) is 2.60. The molecule has 0 radical (unpaired) electrons. The molecule has 0 saturated heterocycles. The van der Waals surface area contributed by atoms with E-state index < -0.39 is 0 Å². The first kappa shape index (κ1) is 22.7. The Kier molecular flexibility index (Phi) is 24.7. The van der Waals surface area contributed by atoms with Crippen LogP contribution in [0.25, 0.3) is 0 Å². The maximum Gasteiger partial charge on any atom is 2.00 e. The average molecular weight is 295 g/mol. The SMILES string of the molecule is CCCCCCCCCCCCCCCCCC=O.[H-].[H-].[Mg+2].